The fourth-order valence-corrected chi connectivity index (χ4v) is 11.3. The Morgan fingerprint density at radius 1 is 0.927 bits per heavy atom. The van der Waals surface area contributed by atoms with Crippen molar-refractivity contribution in [2.45, 2.75) is 112 Å². The summed E-state index contributed by atoms with van der Waals surface area (Å²) in [5.74, 6) is 2.36. The maximum atomic E-state index is 11.5. The number of carboxylic acid groups (broad SMARTS) is 1. The molecule has 0 radical (unpaired) electrons. The number of carboxylic acids is 1. The van der Waals surface area contributed by atoms with E-state index < -0.39 is 5.97 Å². The molecule has 4 aliphatic carbocycles. The van der Waals surface area contributed by atoms with Crippen LogP contribution in [0.4, 0.5) is 0 Å². The molecule has 1 aromatic carbocycles. The third-order valence-corrected chi connectivity index (χ3v) is 13.6. The highest BCUT2D eigenvalue weighted by Gasteiger charge is 2.60. The molecule has 0 heterocycles. The van der Waals surface area contributed by atoms with E-state index in [1.807, 2.05) is 12.1 Å². The van der Waals surface area contributed by atoms with E-state index in [9.17, 15) is 15.0 Å². The fourth-order valence-electron chi connectivity index (χ4n) is 11.3. The van der Waals surface area contributed by atoms with Gasteiger partial charge in [0, 0.05) is 6.61 Å². The molecule has 5 rings (SSSR count). The molecule has 2 N–H and O–H groups in total. The lowest BCUT2D eigenvalue weighted by Gasteiger charge is -2.64. The minimum absolute atomic E-state index is 0.0295. The molecule has 226 valence electrons. The summed E-state index contributed by atoms with van der Waals surface area (Å²) < 4.78 is 0. The van der Waals surface area contributed by atoms with Crippen LogP contribution in [-0.4, -0.2) is 22.8 Å². The molecule has 3 fully saturated rings. The van der Waals surface area contributed by atoms with Gasteiger partial charge in [0.25, 0.3) is 0 Å². The highest BCUT2D eigenvalue weighted by Crippen LogP contribution is 2.69. The molecule has 0 bridgehead atoms. The summed E-state index contributed by atoms with van der Waals surface area (Å²) in [6, 6.07) is 7.57. The Kier molecular flexibility index (Phi) is 8.21. The van der Waals surface area contributed by atoms with Gasteiger partial charge >= 0.3 is 5.97 Å². The smallest absolute Gasteiger partial charge is 0.335 e. The minimum Gasteiger partial charge on any atom is -0.478 e. The topological polar surface area (TPSA) is 57.5 Å². The molecule has 3 saturated carbocycles. The van der Waals surface area contributed by atoms with Crippen molar-refractivity contribution in [1.82, 2.24) is 0 Å². The zero-order valence-electron chi connectivity index (χ0n) is 26.8. The van der Waals surface area contributed by atoms with Crippen molar-refractivity contribution in [2.24, 2.45) is 51.2 Å². The van der Waals surface area contributed by atoms with Gasteiger partial charge in [-0.05, 0) is 146 Å². The van der Waals surface area contributed by atoms with Gasteiger partial charge in [-0.25, -0.2) is 4.79 Å². The summed E-state index contributed by atoms with van der Waals surface area (Å²) in [5, 5.41) is 20.2. The number of benzene rings is 1. The fraction of sp³-hybridized carbons (Fsp3) is 0.711. The molecular weight excluding hydrogens is 504 g/mol. The van der Waals surface area contributed by atoms with Crippen LogP contribution >= 0.6 is 0 Å². The van der Waals surface area contributed by atoms with Crippen molar-refractivity contribution in [3.8, 4) is 0 Å². The molecule has 0 saturated heterocycles. The quantitative estimate of drug-likeness (QED) is 0.352. The minimum atomic E-state index is -0.863. The zero-order chi connectivity index (χ0) is 29.8. The zero-order valence-corrected chi connectivity index (χ0v) is 26.8. The first-order chi connectivity index (χ1) is 19.3. The Morgan fingerprint density at radius 2 is 1.61 bits per heavy atom. The van der Waals surface area contributed by atoms with E-state index in [0.29, 0.717) is 47.2 Å². The first-order valence-electron chi connectivity index (χ1n) is 16.6. The monoisotopic (exact) mass is 560 g/mol. The molecule has 3 heteroatoms. The Bertz CT molecular complexity index is 1180. The summed E-state index contributed by atoms with van der Waals surface area (Å²) >= 11 is 0. The number of allylic oxidation sites excluding steroid dienone is 3. The summed E-state index contributed by atoms with van der Waals surface area (Å²) in [5.41, 5.74) is 4.93. The van der Waals surface area contributed by atoms with E-state index >= 15 is 0 Å². The van der Waals surface area contributed by atoms with Gasteiger partial charge in [-0.15, -0.1) is 6.58 Å². The van der Waals surface area contributed by atoms with Crippen LogP contribution in [0.1, 0.15) is 128 Å². The number of hydrogen-bond donors (Lipinski definition) is 2. The van der Waals surface area contributed by atoms with Crippen molar-refractivity contribution in [3.05, 3.63) is 53.6 Å². The van der Waals surface area contributed by atoms with Crippen LogP contribution in [0, 0.1) is 51.2 Å². The largest absolute Gasteiger partial charge is 0.478 e. The van der Waals surface area contributed by atoms with Gasteiger partial charge in [0.05, 0.1) is 5.56 Å². The van der Waals surface area contributed by atoms with E-state index in [1.54, 1.807) is 12.1 Å². The second kappa shape index (κ2) is 11.0. The molecule has 8 unspecified atom stereocenters. The van der Waals surface area contributed by atoms with E-state index in [0.717, 1.165) is 12.8 Å². The molecule has 4 aliphatic rings. The van der Waals surface area contributed by atoms with Crippen LogP contribution in [0.3, 0.4) is 0 Å². The number of carbonyl (C=O) groups is 1. The van der Waals surface area contributed by atoms with Gasteiger partial charge in [0.2, 0.25) is 0 Å². The summed E-state index contributed by atoms with van der Waals surface area (Å²) in [6.07, 6.45) is 15.9. The van der Waals surface area contributed by atoms with Crippen LogP contribution in [0.2, 0.25) is 0 Å². The standard InChI is InChI=1S/C38H56O3/c1-25(2)23-29-16-22-38(24-39)21-15-26(3)36(6)20-18-32-35(4,5)30(27-11-13-28(14-12-27)34(40)41)17-19-37(32,7)33(36)10-8-9-31(29)38/h11-14,17,26,29,31-33,39H,1,8-10,15-16,18-24H2,2-7H3,(H,40,41). The number of aromatic carboxylic acids is 1. The summed E-state index contributed by atoms with van der Waals surface area (Å²) in [6.45, 7) is 19.5. The maximum absolute atomic E-state index is 11.5. The molecule has 0 aromatic heterocycles. The van der Waals surface area contributed by atoms with Crippen molar-refractivity contribution in [1.29, 1.82) is 0 Å². The first kappa shape index (κ1) is 30.6. The summed E-state index contributed by atoms with van der Waals surface area (Å²) in [7, 11) is 0. The molecular formula is C38H56O3. The number of rotatable bonds is 5. The maximum Gasteiger partial charge on any atom is 0.335 e. The second-order valence-corrected chi connectivity index (χ2v) is 16.0. The normalized spacial score (nSPS) is 40.5. The Hall–Kier alpha value is -1.87. The molecule has 8 atom stereocenters. The lowest BCUT2D eigenvalue weighted by Crippen LogP contribution is -2.56. The van der Waals surface area contributed by atoms with Crippen molar-refractivity contribution < 1.29 is 15.0 Å². The highest BCUT2D eigenvalue weighted by atomic mass is 16.4. The molecule has 3 nitrogen and oxygen atoms in total. The molecule has 0 spiro atoms. The van der Waals surface area contributed by atoms with Gasteiger partial charge in [-0.1, -0.05) is 64.8 Å². The third-order valence-electron chi connectivity index (χ3n) is 13.6. The molecule has 0 amide bonds. The number of fused-ring (bicyclic) bond motifs is 4. The molecule has 41 heavy (non-hydrogen) atoms. The van der Waals surface area contributed by atoms with Crippen molar-refractivity contribution in [2.75, 3.05) is 6.61 Å². The lowest BCUT2D eigenvalue weighted by molar-refractivity contribution is -0.123. The van der Waals surface area contributed by atoms with Crippen LogP contribution in [-0.2, 0) is 0 Å². The van der Waals surface area contributed by atoms with Gasteiger partial charge in [0.1, 0.15) is 0 Å². The van der Waals surface area contributed by atoms with Gasteiger partial charge in [-0.3, -0.25) is 0 Å². The SMILES string of the molecule is C=C(C)CC1CCC2(CO)CCC(C)C3(C)CCC4C(C)(C)C(c5ccc(C(=O)O)cc5)=CCC4(C)C3CCCC12. The predicted molar refractivity (Wildman–Crippen MR) is 170 cm³/mol. The Labute approximate surface area is 249 Å². The number of aliphatic hydroxyl groups excluding tert-OH is 1. The first-order valence-corrected chi connectivity index (χ1v) is 16.6. The second-order valence-electron chi connectivity index (χ2n) is 16.0. The third kappa shape index (κ3) is 5.07. The van der Waals surface area contributed by atoms with E-state index in [4.69, 9.17) is 0 Å². The van der Waals surface area contributed by atoms with Crippen molar-refractivity contribution >= 4 is 11.5 Å². The Morgan fingerprint density at radius 3 is 2.24 bits per heavy atom. The lowest BCUT2D eigenvalue weighted by atomic mass is 9.40. The van der Waals surface area contributed by atoms with Gasteiger partial charge in [-0.2, -0.15) is 0 Å². The average molecular weight is 561 g/mol. The van der Waals surface area contributed by atoms with E-state index in [-0.39, 0.29) is 16.2 Å². The average Bonchev–Trinajstić information content (AvgIpc) is 3.25. The van der Waals surface area contributed by atoms with Crippen LogP contribution in [0.15, 0.2) is 42.5 Å². The summed E-state index contributed by atoms with van der Waals surface area (Å²) in [4.78, 5) is 11.5. The van der Waals surface area contributed by atoms with Crippen LogP contribution < -0.4 is 0 Å². The number of hydrogen-bond acceptors (Lipinski definition) is 2. The molecule has 0 aliphatic heterocycles. The Balaban J connectivity index is 1.47. The molecule has 1 aromatic rings. The van der Waals surface area contributed by atoms with E-state index in [2.05, 4.69) is 54.2 Å². The number of aliphatic hydroxyl groups is 1. The van der Waals surface area contributed by atoms with Gasteiger partial charge in [0.15, 0.2) is 0 Å². The highest BCUT2D eigenvalue weighted by molar-refractivity contribution is 5.88. The predicted octanol–water partition coefficient (Wildman–Crippen LogP) is 9.81. The van der Waals surface area contributed by atoms with Crippen LogP contribution in [0.5, 0.6) is 0 Å². The van der Waals surface area contributed by atoms with E-state index in [1.165, 1.54) is 74.5 Å². The van der Waals surface area contributed by atoms with Gasteiger partial charge < -0.3 is 10.2 Å². The van der Waals surface area contributed by atoms with Crippen molar-refractivity contribution in [3.63, 3.8) is 0 Å². The van der Waals surface area contributed by atoms with Crippen LogP contribution in [0.25, 0.3) is 5.57 Å².